The van der Waals surface area contributed by atoms with Gasteiger partial charge in [0.1, 0.15) is 0 Å². The van der Waals surface area contributed by atoms with Crippen molar-refractivity contribution in [3.63, 3.8) is 0 Å². The number of hydrogen-bond donors (Lipinski definition) is 5. The Bertz CT molecular complexity index is 1380. The van der Waals surface area contributed by atoms with E-state index in [2.05, 4.69) is 20.9 Å². The van der Waals surface area contributed by atoms with E-state index in [0.29, 0.717) is 26.1 Å². The van der Waals surface area contributed by atoms with Crippen molar-refractivity contribution in [3.8, 4) is 0 Å². The Kier molecular flexibility index (Phi) is 12.4. The lowest BCUT2D eigenvalue weighted by atomic mass is 9.91. The van der Waals surface area contributed by atoms with E-state index in [1.54, 1.807) is 0 Å². The van der Waals surface area contributed by atoms with Crippen molar-refractivity contribution in [2.75, 3.05) is 0 Å². The average Bonchev–Trinajstić information content (AvgIpc) is 3.00. The van der Waals surface area contributed by atoms with Gasteiger partial charge >= 0.3 is 6.03 Å². The number of aliphatic imine (C=N–C) groups is 1. The number of carbonyl (C=O) groups is 2. The minimum Gasteiger partial charge on any atom is -0.370 e. The van der Waals surface area contributed by atoms with Crippen molar-refractivity contribution >= 4 is 17.9 Å². The molecule has 214 valence electrons. The first-order valence-electron chi connectivity index (χ1n) is 13.7. The van der Waals surface area contributed by atoms with Gasteiger partial charge in [0.15, 0.2) is 5.96 Å². The quantitative estimate of drug-likeness (QED) is 0.129. The number of nitrogens with one attached hydrogen (secondary N) is 3. The van der Waals surface area contributed by atoms with Crippen LogP contribution in [0.3, 0.4) is 0 Å². The number of rotatable bonds is 12. The number of nitrogens with zero attached hydrogens (tertiary/aromatic N) is 1. The van der Waals surface area contributed by atoms with E-state index in [1.165, 1.54) is 0 Å². The number of urea groups is 1. The predicted molar refractivity (Wildman–Crippen MR) is 166 cm³/mol. The third-order valence-electron chi connectivity index (χ3n) is 6.51. The number of carbonyl (C=O) groups excluding carboxylic acids is 2. The molecule has 7 N–H and O–H groups in total. The Balaban J connectivity index is 1.53. The summed E-state index contributed by atoms with van der Waals surface area (Å²) in [5.74, 6) is -0.281. The summed E-state index contributed by atoms with van der Waals surface area (Å²) >= 11 is 0. The number of allylic oxidation sites excluding steroid dienone is 3. The molecular weight excluding hydrogens is 512 g/mol. The maximum atomic E-state index is 13.2. The average molecular weight is 553 g/mol. The molecule has 3 amide bonds. The first-order chi connectivity index (χ1) is 19.9. The molecule has 0 spiro atoms. The molecule has 0 aliphatic heterocycles. The summed E-state index contributed by atoms with van der Waals surface area (Å²) in [5.41, 5.74) is 17.5. The zero-order valence-corrected chi connectivity index (χ0v) is 23.8. The van der Waals surface area contributed by atoms with Crippen molar-refractivity contribution in [1.29, 1.82) is 0 Å². The van der Waals surface area contributed by atoms with E-state index in [1.807, 2.05) is 111 Å². The molecule has 1 unspecified atom stereocenters. The fraction of sp³-hybridized carbons (Fsp3) is 0.242. The number of guanidine groups is 1. The van der Waals surface area contributed by atoms with Crippen molar-refractivity contribution in [1.82, 2.24) is 16.0 Å². The molecule has 8 nitrogen and oxygen atoms in total. The van der Waals surface area contributed by atoms with Gasteiger partial charge in [-0.2, -0.15) is 0 Å². The van der Waals surface area contributed by atoms with Crippen LogP contribution in [0.15, 0.2) is 108 Å². The molecule has 0 aliphatic carbocycles. The standard InChI is InChI=1S/C33H40N6O2/c1-3-4-10-24(2)30(19-25-11-6-5-7-12-25)31(40)36-21-28-15-9-16-29(18-28)22-37-32(35)39-33(41)38-23-27-14-8-13-26(17-27)20-34/h3-18,30H,19-23,34H2,1-2H3,(H,36,40)(H4,35,37,38,39,41)/b4-3-,24-10+. The highest BCUT2D eigenvalue weighted by Gasteiger charge is 2.20. The fourth-order valence-electron chi connectivity index (χ4n) is 4.25. The van der Waals surface area contributed by atoms with Gasteiger partial charge in [-0.25, -0.2) is 9.79 Å². The van der Waals surface area contributed by atoms with Gasteiger partial charge in [0, 0.05) is 19.6 Å². The second kappa shape index (κ2) is 16.4. The minimum absolute atomic E-state index is 0.0176. The first kappa shape index (κ1) is 30.8. The molecule has 0 saturated heterocycles. The van der Waals surface area contributed by atoms with Gasteiger partial charge in [-0.05, 0) is 48.1 Å². The predicted octanol–water partition coefficient (Wildman–Crippen LogP) is 4.46. The number of benzene rings is 3. The SMILES string of the molecule is C/C=C\C=C(/C)C(Cc1ccccc1)C(=O)NCc1cccc(CN=C(N)NC(=O)NCc2cccc(CN)c2)c1. The zero-order valence-electron chi connectivity index (χ0n) is 23.8. The summed E-state index contributed by atoms with van der Waals surface area (Å²) in [4.78, 5) is 29.7. The van der Waals surface area contributed by atoms with Gasteiger partial charge in [0.2, 0.25) is 5.91 Å². The number of hydrogen-bond acceptors (Lipinski definition) is 4. The number of nitrogens with two attached hydrogens (primary N) is 2. The molecule has 3 aromatic rings. The lowest BCUT2D eigenvalue weighted by Gasteiger charge is -2.18. The van der Waals surface area contributed by atoms with Crippen molar-refractivity contribution < 1.29 is 9.59 Å². The topological polar surface area (TPSA) is 135 Å². The third-order valence-corrected chi connectivity index (χ3v) is 6.51. The molecule has 41 heavy (non-hydrogen) atoms. The summed E-state index contributed by atoms with van der Waals surface area (Å²) in [7, 11) is 0. The summed E-state index contributed by atoms with van der Waals surface area (Å²) in [6.45, 7) is 5.40. The van der Waals surface area contributed by atoms with Crippen molar-refractivity contribution in [2.45, 2.75) is 46.4 Å². The van der Waals surface area contributed by atoms with Crippen LogP contribution in [0, 0.1) is 5.92 Å². The fourth-order valence-corrected chi connectivity index (χ4v) is 4.25. The first-order valence-corrected chi connectivity index (χ1v) is 13.7. The summed E-state index contributed by atoms with van der Waals surface area (Å²) in [6, 6.07) is 25.0. The van der Waals surface area contributed by atoms with Crippen LogP contribution in [0.25, 0.3) is 0 Å². The van der Waals surface area contributed by atoms with Crippen molar-refractivity contribution in [3.05, 3.63) is 130 Å². The van der Waals surface area contributed by atoms with Crippen LogP contribution in [0.2, 0.25) is 0 Å². The van der Waals surface area contributed by atoms with Crippen LogP contribution in [-0.2, 0) is 37.4 Å². The molecule has 1 atom stereocenters. The van der Waals surface area contributed by atoms with Crippen LogP contribution in [0.1, 0.15) is 41.7 Å². The van der Waals surface area contributed by atoms with Gasteiger partial charge in [0.25, 0.3) is 0 Å². The van der Waals surface area contributed by atoms with Gasteiger partial charge < -0.3 is 22.1 Å². The molecule has 0 saturated carbocycles. The monoisotopic (exact) mass is 552 g/mol. The molecule has 0 fully saturated rings. The molecule has 8 heteroatoms. The second-order valence-corrected chi connectivity index (χ2v) is 9.75. The lowest BCUT2D eigenvalue weighted by molar-refractivity contribution is -0.124. The molecule has 0 radical (unpaired) electrons. The van der Waals surface area contributed by atoms with Gasteiger partial charge in [-0.3, -0.25) is 10.1 Å². The van der Waals surface area contributed by atoms with Crippen LogP contribution in [-0.4, -0.2) is 17.9 Å². The van der Waals surface area contributed by atoms with Gasteiger partial charge in [-0.1, -0.05) is 103 Å². The smallest absolute Gasteiger partial charge is 0.321 e. The second-order valence-electron chi connectivity index (χ2n) is 9.75. The van der Waals surface area contributed by atoms with Crippen LogP contribution < -0.4 is 27.4 Å². The summed E-state index contributed by atoms with van der Waals surface area (Å²) in [5, 5.41) is 8.40. The van der Waals surface area contributed by atoms with Gasteiger partial charge in [-0.15, -0.1) is 0 Å². The van der Waals surface area contributed by atoms with Crippen LogP contribution >= 0.6 is 0 Å². The van der Waals surface area contributed by atoms with E-state index in [4.69, 9.17) is 11.5 Å². The number of amides is 3. The summed E-state index contributed by atoms with van der Waals surface area (Å²) < 4.78 is 0. The molecule has 3 rings (SSSR count). The Morgan fingerprint density at radius 2 is 1.46 bits per heavy atom. The van der Waals surface area contributed by atoms with Crippen molar-refractivity contribution in [2.24, 2.45) is 22.4 Å². The highest BCUT2D eigenvalue weighted by molar-refractivity contribution is 5.95. The largest absolute Gasteiger partial charge is 0.370 e. The Labute approximate surface area is 242 Å². The van der Waals surface area contributed by atoms with Gasteiger partial charge in [0.05, 0.1) is 12.5 Å². The zero-order chi connectivity index (χ0) is 29.5. The molecular formula is C33H40N6O2. The molecule has 0 aromatic heterocycles. The lowest BCUT2D eigenvalue weighted by Crippen LogP contribution is -2.43. The van der Waals surface area contributed by atoms with E-state index in [-0.39, 0.29) is 24.3 Å². The highest BCUT2D eigenvalue weighted by Crippen LogP contribution is 2.18. The minimum atomic E-state index is -0.440. The Morgan fingerprint density at radius 3 is 2.15 bits per heavy atom. The summed E-state index contributed by atoms with van der Waals surface area (Å²) in [6.07, 6.45) is 6.52. The van der Waals surface area contributed by atoms with Crippen LogP contribution in [0.5, 0.6) is 0 Å². The molecule has 0 aliphatic rings. The van der Waals surface area contributed by atoms with E-state index < -0.39 is 6.03 Å². The maximum absolute atomic E-state index is 13.2. The molecule has 0 bridgehead atoms. The maximum Gasteiger partial charge on any atom is 0.321 e. The van der Waals surface area contributed by atoms with Crippen LogP contribution in [0.4, 0.5) is 4.79 Å². The Morgan fingerprint density at radius 1 is 0.854 bits per heavy atom. The molecule has 0 heterocycles. The Hall–Kier alpha value is -4.69. The third kappa shape index (κ3) is 10.8. The normalized spacial score (nSPS) is 12.7. The highest BCUT2D eigenvalue weighted by atomic mass is 16.2. The van der Waals surface area contributed by atoms with E-state index in [0.717, 1.165) is 33.4 Å². The van der Waals surface area contributed by atoms with E-state index in [9.17, 15) is 9.59 Å². The molecule has 3 aromatic carbocycles. The van der Waals surface area contributed by atoms with E-state index >= 15 is 0 Å².